The minimum atomic E-state index is 0.562. The molecule has 5 rings (SSSR count). The van der Waals surface area contributed by atoms with Crippen LogP contribution in [0.4, 0.5) is 5.69 Å². The number of fused-ring (bicyclic) bond motifs is 1. The second-order valence-corrected chi connectivity index (χ2v) is 8.39. The Balaban J connectivity index is 1.33. The molecule has 0 unspecified atom stereocenters. The molecule has 0 bridgehead atoms. The molecular formula is C22H25ClN4O. The molecule has 1 saturated heterocycles. The third-order valence-corrected chi connectivity index (χ3v) is 6.50. The number of piperidine rings is 1. The molecule has 3 aromatic rings. The van der Waals surface area contributed by atoms with Gasteiger partial charge in [-0.05, 0) is 61.3 Å². The summed E-state index contributed by atoms with van der Waals surface area (Å²) < 4.78 is 7.44. The maximum Gasteiger partial charge on any atom is 0.181 e. The van der Waals surface area contributed by atoms with Crippen molar-refractivity contribution in [1.82, 2.24) is 14.6 Å². The molecule has 28 heavy (non-hydrogen) atoms. The lowest BCUT2D eigenvalue weighted by Crippen LogP contribution is -2.33. The van der Waals surface area contributed by atoms with Crippen LogP contribution >= 0.6 is 11.6 Å². The van der Waals surface area contributed by atoms with Gasteiger partial charge in [-0.1, -0.05) is 23.7 Å². The van der Waals surface area contributed by atoms with Crippen LogP contribution < -0.4 is 9.64 Å². The van der Waals surface area contributed by atoms with Gasteiger partial charge in [-0.15, -0.1) is 10.2 Å². The molecule has 2 aliphatic rings. The number of pyridine rings is 1. The second-order valence-electron chi connectivity index (χ2n) is 8.01. The Morgan fingerprint density at radius 1 is 1.11 bits per heavy atom. The van der Waals surface area contributed by atoms with Gasteiger partial charge in [0.15, 0.2) is 5.65 Å². The van der Waals surface area contributed by atoms with Crippen molar-refractivity contribution in [3.8, 4) is 5.75 Å². The molecule has 5 nitrogen and oxygen atoms in total. The first-order valence-corrected chi connectivity index (χ1v) is 10.5. The molecule has 0 N–H and O–H groups in total. The van der Waals surface area contributed by atoms with Gasteiger partial charge in [-0.3, -0.25) is 4.40 Å². The van der Waals surface area contributed by atoms with E-state index in [0.717, 1.165) is 66.2 Å². The van der Waals surface area contributed by atoms with Gasteiger partial charge in [0.2, 0.25) is 0 Å². The van der Waals surface area contributed by atoms with Crippen LogP contribution in [0.1, 0.15) is 43.0 Å². The SMILES string of the molecule is COc1cccc(C2CCN(c3ccn4c(CC5CC5)nnc4c3Cl)CC2)c1. The average molecular weight is 397 g/mol. The summed E-state index contributed by atoms with van der Waals surface area (Å²) in [5, 5.41) is 9.48. The van der Waals surface area contributed by atoms with Crippen LogP contribution in [0.25, 0.3) is 5.65 Å². The summed E-state index contributed by atoms with van der Waals surface area (Å²) in [6, 6.07) is 10.6. The molecule has 1 aliphatic carbocycles. The van der Waals surface area contributed by atoms with Gasteiger partial charge in [-0.25, -0.2) is 0 Å². The minimum Gasteiger partial charge on any atom is -0.497 e. The van der Waals surface area contributed by atoms with Gasteiger partial charge in [0, 0.05) is 25.7 Å². The summed E-state index contributed by atoms with van der Waals surface area (Å²) >= 11 is 6.75. The van der Waals surface area contributed by atoms with Crippen LogP contribution in [-0.2, 0) is 6.42 Å². The Bertz CT molecular complexity index is 989. The number of methoxy groups -OCH3 is 1. The van der Waals surface area contributed by atoms with Gasteiger partial charge < -0.3 is 9.64 Å². The fourth-order valence-electron chi connectivity index (χ4n) is 4.28. The highest BCUT2D eigenvalue weighted by Crippen LogP contribution is 2.37. The third kappa shape index (κ3) is 3.32. The van der Waals surface area contributed by atoms with Gasteiger partial charge in [0.05, 0.1) is 12.8 Å². The van der Waals surface area contributed by atoms with Crippen LogP contribution in [0, 0.1) is 5.92 Å². The van der Waals surface area contributed by atoms with Crippen LogP contribution in [0.5, 0.6) is 5.75 Å². The number of ether oxygens (including phenoxy) is 1. The van der Waals surface area contributed by atoms with E-state index in [1.807, 2.05) is 6.07 Å². The van der Waals surface area contributed by atoms with Gasteiger partial charge in [0.1, 0.15) is 16.6 Å². The normalized spacial score (nSPS) is 18.0. The van der Waals surface area contributed by atoms with Gasteiger partial charge in [-0.2, -0.15) is 0 Å². The number of benzene rings is 1. The number of aromatic nitrogens is 3. The number of halogens is 1. The Kier molecular flexibility index (Phi) is 4.63. The standard InChI is InChI=1S/C22H25ClN4O/c1-28-18-4-2-3-17(14-18)16-7-10-26(11-8-16)19-9-12-27-20(13-15-5-6-15)24-25-22(27)21(19)23/h2-4,9,12,14-16H,5-8,10-11,13H2,1H3. The predicted molar refractivity (Wildman–Crippen MR) is 112 cm³/mol. The van der Waals surface area contributed by atoms with Crippen molar-refractivity contribution < 1.29 is 4.74 Å². The fraction of sp³-hybridized carbons (Fsp3) is 0.455. The zero-order valence-corrected chi connectivity index (χ0v) is 16.9. The topological polar surface area (TPSA) is 42.7 Å². The Morgan fingerprint density at radius 3 is 2.68 bits per heavy atom. The van der Waals surface area contributed by atoms with E-state index >= 15 is 0 Å². The average Bonchev–Trinajstić information content (AvgIpc) is 3.47. The summed E-state index contributed by atoms with van der Waals surface area (Å²) in [7, 11) is 1.72. The minimum absolute atomic E-state index is 0.562. The van der Waals surface area contributed by atoms with Crippen molar-refractivity contribution in [2.24, 2.45) is 5.92 Å². The van der Waals surface area contributed by atoms with Crippen molar-refractivity contribution >= 4 is 22.9 Å². The highest BCUT2D eigenvalue weighted by molar-refractivity contribution is 6.36. The van der Waals surface area contributed by atoms with E-state index in [1.165, 1.54) is 18.4 Å². The number of hydrogen-bond acceptors (Lipinski definition) is 4. The van der Waals surface area contributed by atoms with Crippen LogP contribution in [-0.4, -0.2) is 34.8 Å². The molecule has 0 atom stereocenters. The summed E-state index contributed by atoms with van der Waals surface area (Å²) in [6.07, 6.45) is 7.92. The van der Waals surface area contributed by atoms with Gasteiger partial charge in [0.25, 0.3) is 0 Å². The first-order chi connectivity index (χ1) is 13.7. The second kappa shape index (κ2) is 7.28. The molecular weight excluding hydrogens is 372 g/mol. The Labute approximate surface area is 170 Å². The molecule has 6 heteroatoms. The fourth-order valence-corrected chi connectivity index (χ4v) is 4.59. The molecule has 1 aliphatic heterocycles. The van der Waals surface area contributed by atoms with Gasteiger partial charge >= 0.3 is 0 Å². The molecule has 0 spiro atoms. The Morgan fingerprint density at radius 2 is 1.93 bits per heavy atom. The zero-order valence-electron chi connectivity index (χ0n) is 16.1. The molecule has 3 heterocycles. The van der Waals surface area contributed by atoms with Crippen LogP contribution in [0.3, 0.4) is 0 Å². The van der Waals surface area contributed by atoms with Crippen LogP contribution in [0.2, 0.25) is 5.02 Å². The summed E-state index contributed by atoms with van der Waals surface area (Å²) in [6.45, 7) is 1.97. The van der Waals surface area contributed by atoms with E-state index in [-0.39, 0.29) is 0 Å². The number of anilines is 1. The predicted octanol–water partition coefficient (Wildman–Crippen LogP) is 4.73. The number of rotatable bonds is 5. The van der Waals surface area contributed by atoms with Crippen molar-refractivity contribution in [1.29, 1.82) is 0 Å². The molecule has 0 radical (unpaired) electrons. The van der Waals surface area contributed by atoms with Crippen molar-refractivity contribution in [3.05, 3.63) is 52.9 Å². The molecule has 146 valence electrons. The summed E-state index contributed by atoms with van der Waals surface area (Å²) in [5.74, 6) is 3.30. The molecule has 1 saturated carbocycles. The zero-order chi connectivity index (χ0) is 19.1. The first-order valence-electron chi connectivity index (χ1n) is 10.1. The van der Waals surface area contributed by atoms with Crippen molar-refractivity contribution in [3.63, 3.8) is 0 Å². The molecule has 0 amide bonds. The summed E-state index contributed by atoms with van der Waals surface area (Å²) in [5.41, 5.74) is 3.22. The largest absolute Gasteiger partial charge is 0.497 e. The maximum atomic E-state index is 6.75. The molecule has 2 fully saturated rings. The van der Waals surface area contributed by atoms with E-state index in [9.17, 15) is 0 Å². The maximum absolute atomic E-state index is 6.75. The smallest absolute Gasteiger partial charge is 0.181 e. The highest BCUT2D eigenvalue weighted by Gasteiger charge is 2.26. The van der Waals surface area contributed by atoms with Crippen molar-refractivity contribution in [2.75, 3.05) is 25.1 Å². The lowest BCUT2D eigenvalue weighted by atomic mass is 9.89. The third-order valence-electron chi connectivity index (χ3n) is 6.14. The summed E-state index contributed by atoms with van der Waals surface area (Å²) in [4.78, 5) is 2.38. The van der Waals surface area contributed by atoms with E-state index in [0.29, 0.717) is 5.92 Å². The lowest BCUT2D eigenvalue weighted by molar-refractivity contribution is 0.412. The monoisotopic (exact) mass is 396 g/mol. The number of hydrogen-bond donors (Lipinski definition) is 0. The van der Waals surface area contributed by atoms with Crippen molar-refractivity contribution in [2.45, 2.75) is 38.0 Å². The first kappa shape index (κ1) is 17.8. The van der Waals surface area contributed by atoms with E-state index in [2.05, 4.69) is 50.0 Å². The van der Waals surface area contributed by atoms with Crippen LogP contribution in [0.15, 0.2) is 36.5 Å². The van der Waals surface area contributed by atoms with E-state index in [1.54, 1.807) is 7.11 Å². The highest BCUT2D eigenvalue weighted by atomic mass is 35.5. The quantitative estimate of drug-likeness (QED) is 0.625. The lowest BCUT2D eigenvalue weighted by Gasteiger charge is -2.34. The molecule has 2 aromatic heterocycles. The van der Waals surface area contributed by atoms with E-state index < -0.39 is 0 Å². The Hall–Kier alpha value is -2.27. The molecule has 1 aromatic carbocycles. The number of nitrogens with zero attached hydrogens (tertiary/aromatic N) is 4. The van der Waals surface area contributed by atoms with E-state index in [4.69, 9.17) is 16.3 Å².